The summed E-state index contributed by atoms with van der Waals surface area (Å²) in [5.74, 6) is 0.607. The molecule has 1 aliphatic rings. The van der Waals surface area contributed by atoms with E-state index in [9.17, 15) is 9.59 Å². The molecule has 1 aromatic carbocycles. The smallest absolute Gasteiger partial charge is 0.204 e. The largest absolute Gasteiger partial charge is 0.486 e. The number of fused-ring (bicyclic) bond motifs is 1. The third kappa shape index (κ3) is 3.13. The Morgan fingerprint density at radius 3 is 2.37 bits per heavy atom. The zero-order valence-electron chi connectivity index (χ0n) is 11.5. The molecule has 0 aliphatic carbocycles. The van der Waals surface area contributed by atoms with Crippen molar-refractivity contribution in [2.45, 2.75) is 27.2 Å². The van der Waals surface area contributed by atoms with Gasteiger partial charge in [-0.05, 0) is 17.7 Å². The van der Waals surface area contributed by atoms with Gasteiger partial charge in [0.2, 0.25) is 11.6 Å². The molecule has 0 atom stereocenters. The zero-order chi connectivity index (χ0) is 14.0. The van der Waals surface area contributed by atoms with Gasteiger partial charge in [-0.15, -0.1) is 0 Å². The molecule has 0 saturated carbocycles. The number of ketones is 2. The first-order valence-electron chi connectivity index (χ1n) is 6.34. The summed E-state index contributed by atoms with van der Waals surface area (Å²) in [5, 5.41) is 0. The third-order valence-corrected chi connectivity index (χ3v) is 2.91. The summed E-state index contributed by atoms with van der Waals surface area (Å²) < 4.78 is 10.9. The van der Waals surface area contributed by atoms with Gasteiger partial charge in [0, 0.05) is 11.8 Å². The van der Waals surface area contributed by atoms with E-state index in [-0.39, 0.29) is 18.0 Å². The summed E-state index contributed by atoms with van der Waals surface area (Å²) in [6, 6.07) is 5.34. The first-order valence-corrected chi connectivity index (χ1v) is 6.34. The normalized spacial score (nSPS) is 14.1. The van der Waals surface area contributed by atoms with Crippen molar-refractivity contribution in [2.75, 3.05) is 13.2 Å². The molecule has 4 heteroatoms. The highest BCUT2D eigenvalue weighted by Crippen LogP contribution is 2.31. The molecule has 0 amide bonds. The van der Waals surface area contributed by atoms with Crippen LogP contribution in [0.3, 0.4) is 0 Å². The maximum absolute atomic E-state index is 11.9. The summed E-state index contributed by atoms with van der Waals surface area (Å²) >= 11 is 0. The second kappa shape index (κ2) is 5.03. The Kier molecular flexibility index (Phi) is 3.60. The molecule has 0 aromatic heterocycles. The van der Waals surface area contributed by atoms with Crippen molar-refractivity contribution < 1.29 is 19.1 Å². The summed E-state index contributed by atoms with van der Waals surface area (Å²) in [6.45, 7) is 6.28. The molecule has 0 spiro atoms. The van der Waals surface area contributed by atoms with Crippen molar-refractivity contribution >= 4 is 11.6 Å². The predicted molar refractivity (Wildman–Crippen MR) is 70.6 cm³/mol. The molecule has 0 bridgehead atoms. The zero-order valence-corrected chi connectivity index (χ0v) is 11.5. The summed E-state index contributed by atoms with van der Waals surface area (Å²) in [5.41, 5.74) is 0.136. The SMILES string of the molecule is CC(C)(C)C(=O)C(=O)Cc1ccc2c(c1)OCCO2. The van der Waals surface area contributed by atoms with Gasteiger partial charge in [-0.1, -0.05) is 26.8 Å². The fourth-order valence-electron chi connectivity index (χ4n) is 1.88. The van der Waals surface area contributed by atoms with Gasteiger partial charge in [0.25, 0.3) is 0 Å². The van der Waals surface area contributed by atoms with Crippen molar-refractivity contribution in [3.63, 3.8) is 0 Å². The number of carbonyl (C=O) groups excluding carboxylic acids is 2. The van der Waals surface area contributed by atoms with E-state index in [0.717, 1.165) is 5.56 Å². The van der Waals surface area contributed by atoms with E-state index in [2.05, 4.69) is 0 Å². The van der Waals surface area contributed by atoms with Crippen LogP contribution < -0.4 is 9.47 Å². The average Bonchev–Trinajstić information content (AvgIpc) is 2.36. The summed E-state index contributed by atoms with van der Waals surface area (Å²) in [7, 11) is 0. The van der Waals surface area contributed by atoms with Gasteiger partial charge in [0.15, 0.2) is 11.5 Å². The van der Waals surface area contributed by atoms with Crippen LogP contribution in [-0.2, 0) is 16.0 Å². The highest BCUT2D eigenvalue weighted by Gasteiger charge is 2.28. The first-order chi connectivity index (χ1) is 8.88. The Morgan fingerprint density at radius 1 is 1.11 bits per heavy atom. The number of hydrogen-bond acceptors (Lipinski definition) is 4. The van der Waals surface area contributed by atoms with Gasteiger partial charge in [-0.3, -0.25) is 9.59 Å². The maximum atomic E-state index is 11.9. The van der Waals surface area contributed by atoms with Crippen LogP contribution in [0.1, 0.15) is 26.3 Å². The summed E-state index contributed by atoms with van der Waals surface area (Å²) in [6.07, 6.45) is 0.104. The second-order valence-electron chi connectivity index (χ2n) is 5.66. The number of Topliss-reactive ketones (excluding diaryl/α,β-unsaturated/α-hetero) is 2. The average molecular weight is 262 g/mol. The van der Waals surface area contributed by atoms with Crippen molar-refractivity contribution in [3.05, 3.63) is 23.8 Å². The number of benzene rings is 1. The van der Waals surface area contributed by atoms with E-state index in [1.165, 1.54) is 0 Å². The van der Waals surface area contributed by atoms with Gasteiger partial charge in [0.1, 0.15) is 13.2 Å². The van der Waals surface area contributed by atoms with Crippen molar-refractivity contribution in [1.82, 2.24) is 0 Å². The van der Waals surface area contributed by atoms with Crippen LogP contribution in [0.5, 0.6) is 11.5 Å². The number of ether oxygens (including phenoxy) is 2. The van der Waals surface area contributed by atoms with Crippen LogP contribution in [0.4, 0.5) is 0 Å². The predicted octanol–water partition coefficient (Wildman–Crippen LogP) is 2.18. The first kappa shape index (κ1) is 13.6. The van der Waals surface area contributed by atoms with E-state index in [0.29, 0.717) is 24.7 Å². The number of carbonyl (C=O) groups is 2. The van der Waals surface area contributed by atoms with Crippen LogP contribution in [0, 0.1) is 5.41 Å². The van der Waals surface area contributed by atoms with Gasteiger partial charge < -0.3 is 9.47 Å². The lowest BCUT2D eigenvalue weighted by Gasteiger charge is -2.19. The molecular formula is C15H18O4. The fraction of sp³-hybridized carbons (Fsp3) is 0.467. The van der Waals surface area contributed by atoms with E-state index >= 15 is 0 Å². The van der Waals surface area contributed by atoms with Crippen molar-refractivity contribution in [1.29, 1.82) is 0 Å². The lowest BCUT2D eigenvalue weighted by Crippen LogP contribution is -2.29. The number of hydrogen-bond donors (Lipinski definition) is 0. The molecule has 19 heavy (non-hydrogen) atoms. The van der Waals surface area contributed by atoms with Gasteiger partial charge in [-0.2, -0.15) is 0 Å². The third-order valence-electron chi connectivity index (χ3n) is 2.91. The minimum Gasteiger partial charge on any atom is -0.486 e. The van der Waals surface area contributed by atoms with Crippen LogP contribution in [0.15, 0.2) is 18.2 Å². The molecule has 0 N–H and O–H groups in total. The molecule has 0 saturated heterocycles. The van der Waals surface area contributed by atoms with Crippen LogP contribution >= 0.6 is 0 Å². The molecular weight excluding hydrogens is 244 g/mol. The molecule has 4 nitrogen and oxygen atoms in total. The molecule has 0 unspecified atom stereocenters. The van der Waals surface area contributed by atoms with Crippen molar-refractivity contribution in [2.24, 2.45) is 5.41 Å². The monoisotopic (exact) mass is 262 g/mol. The Bertz CT molecular complexity index is 511. The fourth-order valence-corrected chi connectivity index (χ4v) is 1.88. The molecule has 102 valence electrons. The van der Waals surface area contributed by atoms with Gasteiger partial charge in [0.05, 0.1) is 0 Å². The van der Waals surface area contributed by atoms with E-state index in [1.54, 1.807) is 39.0 Å². The van der Waals surface area contributed by atoms with Crippen LogP contribution in [0.2, 0.25) is 0 Å². The molecule has 2 rings (SSSR count). The summed E-state index contributed by atoms with van der Waals surface area (Å²) in [4.78, 5) is 23.8. The Hall–Kier alpha value is -1.84. The highest BCUT2D eigenvalue weighted by molar-refractivity contribution is 6.39. The standard InChI is InChI=1S/C15H18O4/c1-15(2,3)14(17)11(16)8-10-4-5-12-13(9-10)19-7-6-18-12/h4-5,9H,6-8H2,1-3H3. The molecule has 1 heterocycles. The highest BCUT2D eigenvalue weighted by atomic mass is 16.6. The second-order valence-corrected chi connectivity index (χ2v) is 5.66. The van der Waals surface area contributed by atoms with Crippen LogP contribution in [-0.4, -0.2) is 24.8 Å². The van der Waals surface area contributed by atoms with Gasteiger partial charge >= 0.3 is 0 Å². The Balaban J connectivity index is 2.12. The molecule has 0 radical (unpaired) electrons. The van der Waals surface area contributed by atoms with Crippen LogP contribution in [0.25, 0.3) is 0 Å². The van der Waals surface area contributed by atoms with E-state index in [4.69, 9.17) is 9.47 Å². The quantitative estimate of drug-likeness (QED) is 0.783. The van der Waals surface area contributed by atoms with Gasteiger partial charge in [-0.25, -0.2) is 0 Å². The Morgan fingerprint density at radius 2 is 1.74 bits per heavy atom. The Labute approximate surface area is 112 Å². The van der Waals surface area contributed by atoms with E-state index in [1.807, 2.05) is 0 Å². The number of rotatable bonds is 3. The van der Waals surface area contributed by atoms with E-state index < -0.39 is 5.41 Å². The molecule has 1 aromatic rings. The lowest BCUT2D eigenvalue weighted by molar-refractivity contribution is -0.140. The maximum Gasteiger partial charge on any atom is 0.204 e. The minimum absolute atomic E-state index is 0.104. The molecule has 0 fully saturated rings. The minimum atomic E-state index is -0.634. The topological polar surface area (TPSA) is 52.6 Å². The molecule has 1 aliphatic heterocycles. The lowest BCUT2D eigenvalue weighted by atomic mass is 9.86. The van der Waals surface area contributed by atoms with Crippen molar-refractivity contribution in [3.8, 4) is 11.5 Å².